The molecule has 0 bridgehead atoms. The fraction of sp³-hybridized carbons (Fsp3) is 0.675. The molecule has 0 heterocycles. The molecule has 2 saturated carbocycles. The average Bonchev–Trinajstić information content (AvgIpc) is 3.83. The third-order valence-electron chi connectivity index (χ3n) is 10.9. The number of benzene rings is 1. The molecule has 5 nitrogen and oxygen atoms in total. The zero-order valence-corrected chi connectivity index (χ0v) is 32.7. The van der Waals surface area contributed by atoms with Crippen LogP contribution in [0.5, 0.6) is 0 Å². The Hall–Kier alpha value is -2.39. The number of sulfonamides is 1. The topological polar surface area (TPSA) is 75.3 Å². The summed E-state index contributed by atoms with van der Waals surface area (Å²) >= 11 is 0. The number of hydrogen-bond acceptors (Lipinski definition) is 3. The Bertz CT molecular complexity index is 1470. The third-order valence-corrected chi connectivity index (χ3v) is 11.8. The maximum absolute atomic E-state index is 13.3. The van der Waals surface area contributed by atoms with Crippen LogP contribution in [0, 0.1) is 22.7 Å². The van der Waals surface area contributed by atoms with Crippen molar-refractivity contribution in [2.75, 3.05) is 12.8 Å². The van der Waals surface area contributed by atoms with Crippen molar-refractivity contribution in [3.63, 3.8) is 0 Å². The quantitative estimate of drug-likeness (QED) is 0.264. The molecule has 1 aromatic carbocycles. The number of fused-ring (bicyclic) bond motifs is 3. The van der Waals surface area contributed by atoms with Gasteiger partial charge in [-0.25, -0.2) is 13.1 Å². The van der Waals surface area contributed by atoms with Crippen LogP contribution in [0.15, 0.2) is 48.1 Å². The molecule has 278 valence electrons. The zero-order valence-electron chi connectivity index (χ0n) is 31.9. The second kappa shape index (κ2) is 17.2. The summed E-state index contributed by atoms with van der Waals surface area (Å²) in [5.74, 6) is 1.13. The van der Waals surface area contributed by atoms with Crippen LogP contribution in [0.1, 0.15) is 143 Å². The first kappa shape index (κ1) is 42.8. The van der Waals surface area contributed by atoms with Crippen LogP contribution < -0.4 is 10.0 Å². The van der Waals surface area contributed by atoms with Gasteiger partial charge >= 0.3 is 6.18 Å². The van der Waals surface area contributed by atoms with Crippen LogP contribution in [-0.2, 0) is 21.0 Å². The summed E-state index contributed by atoms with van der Waals surface area (Å²) in [5.41, 5.74) is 2.20. The monoisotopic (exact) mass is 708 g/mol. The van der Waals surface area contributed by atoms with E-state index in [1.165, 1.54) is 50.3 Å². The van der Waals surface area contributed by atoms with Crippen LogP contribution >= 0.6 is 0 Å². The van der Waals surface area contributed by atoms with Crippen molar-refractivity contribution in [2.24, 2.45) is 22.7 Å². The molecule has 4 aliphatic rings. The van der Waals surface area contributed by atoms with Gasteiger partial charge in [0.1, 0.15) is 0 Å². The van der Waals surface area contributed by atoms with E-state index in [0.717, 1.165) is 41.4 Å². The number of rotatable bonds is 8. The van der Waals surface area contributed by atoms with Crippen molar-refractivity contribution in [1.29, 1.82) is 0 Å². The summed E-state index contributed by atoms with van der Waals surface area (Å²) in [7, 11) is -3.36. The number of alkyl halides is 3. The number of carbonyl (C=O) groups excluding carboxylic acids is 1. The van der Waals surface area contributed by atoms with Crippen LogP contribution in [-0.4, -0.2) is 32.7 Å². The Morgan fingerprint density at radius 3 is 2.10 bits per heavy atom. The molecule has 49 heavy (non-hydrogen) atoms. The Morgan fingerprint density at radius 2 is 1.65 bits per heavy atom. The van der Waals surface area contributed by atoms with Crippen molar-refractivity contribution in [3.8, 4) is 0 Å². The fourth-order valence-corrected chi connectivity index (χ4v) is 8.32. The molecule has 0 aromatic heterocycles. The smallest absolute Gasteiger partial charge is 0.348 e. The Morgan fingerprint density at radius 1 is 1.04 bits per heavy atom. The molecule has 3 atom stereocenters. The molecule has 3 unspecified atom stereocenters. The van der Waals surface area contributed by atoms with Crippen molar-refractivity contribution < 1.29 is 26.4 Å². The first-order valence-corrected chi connectivity index (χ1v) is 20.3. The minimum Gasteiger partial charge on any atom is -0.348 e. The second-order valence-corrected chi connectivity index (χ2v) is 16.6. The molecule has 5 rings (SSSR count). The highest BCUT2D eigenvalue weighted by atomic mass is 32.2. The summed E-state index contributed by atoms with van der Waals surface area (Å²) in [6.45, 7) is 21.4. The highest BCUT2D eigenvalue weighted by Crippen LogP contribution is 2.63. The Kier molecular flexibility index (Phi) is 15.0. The van der Waals surface area contributed by atoms with Gasteiger partial charge in [-0.2, -0.15) is 13.2 Å². The molecule has 0 saturated heterocycles. The van der Waals surface area contributed by atoms with Gasteiger partial charge in [-0.3, -0.25) is 4.79 Å². The van der Waals surface area contributed by atoms with E-state index < -0.39 is 27.3 Å². The summed E-state index contributed by atoms with van der Waals surface area (Å²) in [4.78, 5) is 12.8. The maximum atomic E-state index is 13.3. The number of hydrogen-bond donors (Lipinski definition) is 2. The molecule has 2 N–H and O–H groups in total. The van der Waals surface area contributed by atoms with Crippen LogP contribution in [0.3, 0.4) is 0 Å². The molecule has 9 heteroatoms. The molecule has 0 spiro atoms. The predicted octanol–water partition coefficient (Wildman–Crippen LogP) is 10.6. The van der Waals surface area contributed by atoms with Gasteiger partial charge in [0.2, 0.25) is 15.9 Å². The van der Waals surface area contributed by atoms with E-state index in [1.807, 2.05) is 33.8 Å². The highest BCUT2D eigenvalue weighted by molar-refractivity contribution is 7.88. The molecule has 1 amide bonds. The largest absolute Gasteiger partial charge is 0.416 e. The molecule has 0 aliphatic heterocycles. The van der Waals surface area contributed by atoms with E-state index in [4.69, 9.17) is 0 Å². The van der Waals surface area contributed by atoms with Gasteiger partial charge in [0.15, 0.2) is 0 Å². The van der Waals surface area contributed by atoms with Gasteiger partial charge in [-0.1, -0.05) is 106 Å². The summed E-state index contributed by atoms with van der Waals surface area (Å²) < 4.78 is 65.7. The lowest BCUT2D eigenvalue weighted by molar-refractivity contribution is -0.137. The first-order chi connectivity index (χ1) is 22.8. The van der Waals surface area contributed by atoms with E-state index in [0.29, 0.717) is 29.7 Å². The van der Waals surface area contributed by atoms with E-state index in [1.54, 1.807) is 19.1 Å². The summed E-state index contributed by atoms with van der Waals surface area (Å²) in [6.07, 6.45) is 12.8. The Labute approximate surface area is 295 Å². The van der Waals surface area contributed by atoms with Gasteiger partial charge in [-0.15, -0.1) is 0 Å². The molecule has 4 aliphatic carbocycles. The van der Waals surface area contributed by atoms with Gasteiger partial charge in [0, 0.05) is 12.6 Å². The minimum absolute atomic E-state index is 0.0867. The fourth-order valence-electron chi connectivity index (χ4n) is 7.32. The number of amides is 1. The lowest BCUT2D eigenvalue weighted by Crippen LogP contribution is -2.44. The van der Waals surface area contributed by atoms with Gasteiger partial charge in [0.05, 0.1) is 17.4 Å². The van der Waals surface area contributed by atoms with Crippen molar-refractivity contribution in [1.82, 2.24) is 10.0 Å². The lowest BCUT2D eigenvalue weighted by atomic mass is 9.64. The highest BCUT2D eigenvalue weighted by Gasteiger charge is 2.51. The lowest BCUT2D eigenvalue weighted by Gasteiger charge is -2.42. The SMILES string of the molecule is CC.CC.CC1(NS(C)(=O)=O)C=CC(CNC(=O)/C=C2\CC(C)(C)C3CC3c3cc(C(F)(F)F)ccc32)=CC1.CCC(C)(CC)C1CCC1. The van der Waals surface area contributed by atoms with Crippen molar-refractivity contribution in [3.05, 3.63) is 64.8 Å². The van der Waals surface area contributed by atoms with Gasteiger partial charge in [0.25, 0.3) is 0 Å². The number of carbonyl (C=O) groups is 1. The normalized spacial score (nSPS) is 24.9. The Balaban J connectivity index is 0.000000502. The van der Waals surface area contributed by atoms with E-state index in [-0.39, 0.29) is 23.8 Å². The number of halogens is 3. The molecule has 2 fully saturated rings. The molecule has 0 radical (unpaired) electrons. The van der Waals surface area contributed by atoms with E-state index >= 15 is 0 Å². The predicted molar refractivity (Wildman–Crippen MR) is 199 cm³/mol. The van der Waals surface area contributed by atoms with Crippen LogP contribution in [0.4, 0.5) is 13.2 Å². The van der Waals surface area contributed by atoms with Gasteiger partial charge in [-0.05, 0) is 102 Å². The summed E-state index contributed by atoms with van der Waals surface area (Å²) in [6, 6.07) is 3.86. The van der Waals surface area contributed by atoms with Crippen molar-refractivity contribution in [2.45, 2.75) is 138 Å². The van der Waals surface area contributed by atoms with Gasteiger partial charge < -0.3 is 5.32 Å². The molecular formula is C40H63F3N2O3S. The molecular weight excluding hydrogens is 646 g/mol. The summed E-state index contributed by atoms with van der Waals surface area (Å²) in [5, 5.41) is 2.86. The van der Waals surface area contributed by atoms with Crippen LogP contribution in [0.2, 0.25) is 0 Å². The van der Waals surface area contributed by atoms with E-state index in [2.05, 4.69) is 44.7 Å². The standard InChI is InChI=1S/C26H31F3N2O3S.C10H20.2C2H6/c1-24(2)14-17(19-6-5-18(26(27,28)29)12-20(19)21-13-22(21)24)11-23(32)30-15-16-7-9-25(3,10-8-16)31-35(4,33)34;1-4-10(3,5-2)9-7-6-8-9;2*1-2/h5-9,11-12,21-22,31H,10,13-15H2,1-4H3,(H,30,32);9H,4-8H2,1-3H3;2*1-2H3/b17-11+;;;. The van der Waals surface area contributed by atoms with Crippen molar-refractivity contribution >= 4 is 21.5 Å². The average molecular weight is 709 g/mol. The maximum Gasteiger partial charge on any atom is 0.416 e. The number of nitrogens with one attached hydrogen (secondary N) is 2. The minimum atomic E-state index is -4.41. The second-order valence-electron chi connectivity index (χ2n) is 14.9. The molecule has 1 aromatic rings. The first-order valence-electron chi connectivity index (χ1n) is 18.4. The zero-order chi connectivity index (χ0) is 37.4. The van der Waals surface area contributed by atoms with E-state index in [9.17, 15) is 26.4 Å². The number of allylic oxidation sites excluding steroid dienone is 1. The van der Waals surface area contributed by atoms with Crippen LogP contribution in [0.25, 0.3) is 5.57 Å². The third kappa shape index (κ3) is 11.6.